The molecule has 18 heavy (non-hydrogen) atoms. The van der Waals surface area contributed by atoms with E-state index in [1.54, 1.807) is 4.68 Å². The molecule has 0 N–H and O–H groups in total. The Morgan fingerprint density at radius 1 is 1.22 bits per heavy atom. The third-order valence-corrected chi connectivity index (χ3v) is 3.06. The molecule has 88 valence electrons. The van der Waals surface area contributed by atoms with Crippen LogP contribution in [0, 0.1) is 0 Å². The number of aryl methyl sites for hydroxylation is 1. The highest BCUT2D eigenvalue weighted by atomic mass is 16.1. The summed E-state index contributed by atoms with van der Waals surface area (Å²) in [5, 5.41) is 6.40. The Balaban J connectivity index is 2.27. The minimum absolute atomic E-state index is 0.700. The highest BCUT2D eigenvalue weighted by molar-refractivity contribution is 5.98. The highest BCUT2D eigenvalue weighted by Crippen LogP contribution is 2.28. The van der Waals surface area contributed by atoms with Gasteiger partial charge in [0.2, 0.25) is 0 Å². The van der Waals surface area contributed by atoms with Gasteiger partial charge in [-0.25, -0.2) is 0 Å². The summed E-state index contributed by atoms with van der Waals surface area (Å²) in [4.78, 5) is 10.8. The molecule has 3 nitrogen and oxygen atoms in total. The van der Waals surface area contributed by atoms with E-state index >= 15 is 0 Å². The molecule has 0 bridgehead atoms. The van der Waals surface area contributed by atoms with E-state index in [0.717, 1.165) is 28.2 Å². The Kier molecular flexibility index (Phi) is 2.45. The number of hydrogen-bond donors (Lipinski definition) is 0. The van der Waals surface area contributed by atoms with Gasteiger partial charge in [0.1, 0.15) is 6.29 Å². The number of fused-ring (bicyclic) bond motifs is 1. The fraction of sp³-hybridized carbons (Fsp3) is 0.0667. The van der Waals surface area contributed by atoms with Crippen molar-refractivity contribution in [3.8, 4) is 11.1 Å². The van der Waals surface area contributed by atoms with Gasteiger partial charge in [0.15, 0.2) is 0 Å². The van der Waals surface area contributed by atoms with E-state index in [9.17, 15) is 4.79 Å². The number of carbonyl (C=O) groups is 1. The largest absolute Gasteiger partial charge is 0.298 e. The van der Waals surface area contributed by atoms with Crippen molar-refractivity contribution >= 4 is 17.1 Å². The van der Waals surface area contributed by atoms with Crippen molar-refractivity contribution in [3.63, 3.8) is 0 Å². The van der Waals surface area contributed by atoms with Gasteiger partial charge in [0.25, 0.3) is 0 Å². The van der Waals surface area contributed by atoms with Gasteiger partial charge in [-0.15, -0.1) is 0 Å². The summed E-state index contributed by atoms with van der Waals surface area (Å²) in [6.45, 7) is 0. The smallest absolute Gasteiger partial charge is 0.150 e. The second kappa shape index (κ2) is 4.11. The summed E-state index contributed by atoms with van der Waals surface area (Å²) in [5.74, 6) is 0. The molecule has 2 aromatic carbocycles. The molecule has 0 amide bonds. The minimum atomic E-state index is 0.700. The summed E-state index contributed by atoms with van der Waals surface area (Å²) < 4.78 is 1.79. The number of hydrogen-bond acceptors (Lipinski definition) is 2. The lowest BCUT2D eigenvalue weighted by molar-refractivity contribution is 0.112. The van der Waals surface area contributed by atoms with Crippen LogP contribution in [0.1, 0.15) is 10.4 Å². The average molecular weight is 236 g/mol. The monoisotopic (exact) mass is 236 g/mol. The van der Waals surface area contributed by atoms with E-state index in [2.05, 4.69) is 11.2 Å². The molecule has 0 aliphatic rings. The lowest BCUT2D eigenvalue weighted by Gasteiger charge is -2.04. The van der Waals surface area contributed by atoms with Crippen molar-refractivity contribution in [1.29, 1.82) is 0 Å². The number of benzene rings is 2. The van der Waals surface area contributed by atoms with Crippen LogP contribution in [0.2, 0.25) is 0 Å². The van der Waals surface area contributed by atoms with Crippen LogP contribution in [0.5, 0.6) is 0 Å². The molecule has 0 atom stereocenters. The molecule has 0 fully saturated rings. The van der Waals surface area contributed by atoms with E-state index in [1.807, 2.05) is 49.8 Å². The molecule has 0 unspecified atom stereocenters. The maximum absolute atomic E-state index is 10.8. The predicted molar refractivity (Wildman–Crippen MR) is 71.5 cm³/mol. The van der Waals surface area contributed by atoms with E-state index in [-0.39, 0.29) is 0 Å². The predicted octanol–water partition coefficient (Wildman–Crippen LogP) is 3.05. The number of aromatic nitrogens is 2. The maximum atomic E-state index is 10.8. The number of carbonyl (C=O) groups excluding carboxylic acids is 1. The number of aldehydes is 1. The lowest BCUT2D eigenvalue weighted by Crippen LogP contribution is -1.85. The van der Waals surface area contributed by atoms with Crippen LogP contribution in [-0.2, 0) is 7.05 Å². The van der Waals surface area contributed by atoms with Crippen LogP contribution in [-0.4, -0.2) is 16.1 Å². The first-order valence-electron chi connectivity index (χ1n) is 5.75. The second-order valence-corrected chi connectivity index (χ2v) is 4.31. The zero-order valence-corrected chi connectivity index (χ0v) is 10.00. The number of nitrogens with zero attached hydrogens (tertiary/aromatic N) is 2. The van der Waals surface area contributed by atoms with Gasteiger partial charge < -0.3 is 0 Å². The molecule has 3 heteroatoms. The normalized spacial score (nSPS) is 10.7. The first-order valence-corrected chi connectivity index (χ1v) is 5.75. The van der Waals surface area contributed by atoms with Gasteiger partial charge >= 0.3 is 0 Å². The summed E-state index contributed by atoms with van der Waals surface area (Å²) in [6.07, 6.45) is 4.71. The second-order valence-electron chi connectivity index (χ2n) is 4.31. The van der Waals surface area contributed by atoms with Gasteiger partial charge in [0, 0.05) is 24.4 Å². The Bertz CT molecular complexity index is 728. The molecule has 3 aromatic rings. The zero-order valence-electron chi connectivity index (χ0n) is 10.00. The molecule has 0 aliphatic heterocycles. The molecule has 1 heterocycles. The van der Waals surface area contributed by atoms with E-state index in [4.69, 9.17) is 0 Å². The maximum Gasteiger partial charge on any atom is 0.150 e. The van der Waals surface area contributed by atoms with Gasteiger partial charge in [-0.05, 0) is 22.4 Å². The minimum Gasteiger partial charge on any atom is -0.298 e. The van der Waals surface area contributed by atoms with Crippen molar-refractivity contribution in [2.75, 3.05) is 0 Å². The van der Waals surface area contributed by atoms with Gasteiger partial charge in [-0.2, -0.15) is 5.10 Å². The fourth-order valence-corrected chi connectivity index (χ4v) is 2.19. The van der Waals surface area contributed by atoms with Crippen molar-refractivity contribution in [3.05, 3.63) is 54.4 Å². The first kappa shape index (κ1) is 10.7. The van der Waals surface area contributed by atoms with Crippen molar-refractivity contribution in [2.24, 2.45) is 7.05 Å². The summed E-state index contributed by atoms with van der Waals surface area (Å²) >= 11 is 0. The quantitative estimate of drug-likeness (QED) is 0.641. The van der Waals surface area contributed by atoms with Gasteiger partial charge in [-0.3, -0.25) is 9.48 Å². The van der Waals surface area contributed by atoms with Crippen LogP contribution in [0.4, 0.5) is 0 Å². The van der Waals surface area contributed by atoms with Gasteiger partial charge in [0.05, 0.1) is 6.20 Å². The summed E-state index contributed by atoms with van der Waals surface area (Å²) in [6, 6.07) is 11.8. The SMILES string of the molecule is Cn1cc(-c2cccc3cc(C=O)ccc23)cn1. The molecule has 0 spiro atoms. The molecule has 1 aromatic heterocycles. The molecular formula is C15H12N2O. The third kappa shape index (κ3) is 1.70. The number of rotatable bonds is 2. The van der Waals surface area contributed by atoms with Gasteiger partial charge in [-0.1, -0.05) is 30.3 Å². The Hall–Kier alpha value is -2.42. The Morgan fingerprint density at radius 3 is 2.83 bits per heavy atom. The van der Waals surface area contributed by atoms with Crippen molar-refractivity contribution in [2.45, 2.75) is 0 Å². The van der Waals surface area contributed by atoms with Crippen molar-refractivity contribution < 1.29 is 4.79 Å². The van der Waals surface area contributed by atoms with E-state index < -0.39 is 0 Å². The Morgan fingerprint density at radius 2 is 2.11 bits per heavy atom. The van der Waals surface area contributed by atoms with Crippen LogP contribution >= 0.6 is 0 Å². The lowest BCUT2D eigenvalue weighted by atomic mass is 9.99. The molecule has 0 radical (unpaired) electrons. The first-order chi connectivity index (χ1) is 8.78. The average Bonchev–Trinajstić information content (AvgIpc) is 2.84. The van der Waals surface area contributed by atoms with E-state index in [0.29, 0.717) is 5.56 Å². The molecule has 3 rings (SSSR count). The topological polar surface area (TPSA) is 34.9 Å². The zero-order chi connectivity index (χ0) is 12.5. The molecule has 0 aliphatic carbocycles. The molecule has 0 saturated carbocycles. The third-order valence-electron chi connectivity index (χ3n) is 3.06. The summed E-state index contributed by atoms with van der Waals surface area (Å²) in [5.41, 5.74) is 2.92. The van der Waals surface area contributed by atoms with E-state index in [1.165, 1.54) is 0 Å². The standard InChI is InChI=1S/C15H12N2O/c1-17-9-13(8-16-17)14-4-2-3-12-7-11(10-18)5-6-15(12)14/h2-10H,1H3. The van der Waals surface area contributed by atoms with Crippen LogP contribution in [0.3, 0.4) is 0 Å². The van der Waals surface area contributed by atoms with Crippen molar-refractivity contribution in [1.82, 2.24) is 9.78 Å². The molecule has 0 saturated heterocycles. The Labute approximate surface area is 105 Å². The fourth-order valence-electron chi connectivity index (χ4n) is 2.19. The van der Waals surface area contributed by atoms with Crippen LogP contribution in [0.25, 0.3) is 21.9 Å². The summed E-state index contributed by atoms with van der Waals surface area (Å²) in [7, 11) is 1.90. The van der Waals surface area contributed by atoms with Crippen LogP contribution < -0.4 is 0 Å². The highest BCUT2D eigenvalue weighted by Gasteiger charge is 2.05. The molecular weight excluding hydrogens is 224 g/mol. The van der Waals surface area contributed by atoms with Crippen LogP contribution in [0.15, 0.2) is 48.8 Å².